The molecule has 90 valence electrons. The minimum Gasteiger partial charge on any atom is -0.383 e. The van der Waals surface area contributed by atoms with Gasteiger partial charge in [0.2, 0.25) is 0 Å². The van der Waals surface area contributed by atoms with Crippen molar-refractivity contribution >= 4 is 0 Å². The average Bonchev–Trinajstić information content (AvgIpc) is 2.70. The van der Waals surface area contributed by atoms with Gasteiger partial charge >= 0.3 is 0 Å². The van der Waals surface area contributed by atoms with E-state index in [2.05, 4.69) is 24.1 Å². The molecule has 0 spiro atoms. The quantitative estimate of drug-likeness (QED) is 0.695. The molecule has 1 fully saturated rings. The molecule has 0 aliphatic carbocycles. The van der Waals surface area contributed by atoms with Gasteiger partial charge in [-0.25, -0.2) is 0 Å². The summed E-state index contributed by atoms with van der Waals surface area (Å²) in [4.78, 5) is 2.55. The van der Waals surface area contributed by atoms with E-state index < -0.39 is 0 Å². The first-order valence-corrected chi connectivity index (χ1v) is 6.24. The number of nitrogens with one attached hydrogen (secondary N) is 1. The Morgan fingerprint density at radius 3 is 2.87 bits per heavy atom. The van der Waals surface area contributed by atoms with E-state index in [4.69, 9.17) is 4.74 Å². The number of hydrogen-bond acceptors (Lipinski definition) is 3. The molecule has 0 aromatic carbocycles. The zero-order chi connectivity index (χ0) is 11.1. The maximum atomic E-state index is 5.23. The summed E-state index contributed by atoms with van der Waals surface area (Å²) in [5, 5.41) is 3.56. The van der Waals surface area contributed by atoms with E-state index in [0.717, 1.165) is 6.61 Å². The van der Waals surface area contributed by atoms with Crippen LogP contribution in [0.2, 0.25) is 0 Å². The molecule has 1 rings (SSSR count). The summed E-state index contributed by atoms with van der Waals surface area (Å²) in [7, 11) is 1.79. The lowest BCUT2D eigenvalue weighted by atomic mass is 10.2. The molecule has 2 atom stereocenters. The summed E-state index contributed by atoms with van der Waals surface area (Å²) in [5.74, 6) is 0. The smallest absolute Gasteiger partial charge is 0.0615 e. The van der Waals surface area contributed by atoms with Crippen molar-refractivity contribution in [2.24, 2.45) is 0 Å². The van der Waals surface area contributed by atoms with Gasteiger partial charge in [-0.15, -0.1) is 0 Å². The molecule has 0 aromatic rings. The van der Waals surface area contributed by atoms with Gasteiger partial charge in [-0.3, -0.25) is 4.90 Å². The van der Waals surface area contributed by atoms with Crippen LogP contribution in [-0.4, -0.2) is 50.3 Å². The van der Waals surface area contributed by atoms with Crippen LogP contribution >= 0.6 is 0 Å². The van der Waals surface area contributed by atoms with Crippen molar-refractivity contribution in [1.82, 2.24) is 10.2 Å². The van der Waals surface area contributed by atoms with Gasteiger partial charge in [-0.05, 0) is 39.3 Å². The second kappa shape index (κ2) is 7.20. The van der Waals surface area contributed by atoms with Gasteiger partial charge in [0.25, 0.3) is 0 Å². The summed E-state index contributed by atoms with van der Waals surface area (Å²) >= 11 is 0. The second-order valence-corrected chi connectivity index (χ2v) is 4.59. The van der Waals surface area contributed by atoms with Crippen molar-refractivity contribution in [3.8, 4) is 0 Å². The topological polar surface area (TPSA) is 24.5 Å². The molecular formula is C12H26N2O. The summed E-state index contributed by atoms with van der Waals surface area (Å²) < 4.78 is 5.23. The molecule has 15 heavy (non-hydrogen) atoms. The van der Waals surface area contributed by atoms with Crippen LogP contribution in [0.15, 0.2) is 0 Å². The molecule has 0 bridgehead atoms. The van der Waals surface area contributed by atoms with Gasteiger partial charge in [0.05, 0.1) is 6.61 Å². The van der Waals surface area contributed by atoms with Crippen molar-refractivity contribution in [3.63, 3.8) is 0 Å². The fourth-order valence-electron chi connectivity index (χ4n) is 2.32. The van der Waals surface area contributed by atoms with E-state index in [0.29, 0.717) is 12.1 Å². The molecule has 3 heteroatoms. The highest BCUT2D eigenvalue weighted by Crippen LogP contribution is 2.10. The Morgan fingerprint density at radius 2 is 2.33 bits per heavy atom. The number of methoxy groups -OCH3 is 1. The lowest BCUT2D eigenvalue weighted by Gasteiger charge is -2.30. The minimum absolute atomic E-state index is 0.539. The number of hydrogen-bond donors (Lipinski definition) is 1. The fourth-order valence-corrected chi connectivity index (χ4v) is 2.32. The summed E-state index contributed by atoms with van der Waals surface area (Å²) in [6, 6.07) is 1.24. The third kappa shape index (κ3) is 4.49. The first-order valence-electron chi connectivity index (χ1n) is 6.24. The molecule has 0 aromatic heterocycles. The molecule has 1 heterocycles. The second-order valence-electron chi connectivity index (χ2n) is 4.59. The van der Waals surface area contributed by atoms with E-state index >= 15 is 0 Å². The Kier molecular flexibility index (Phi) is 6.22. The molecule has 2 unspecified atom stereocenters. The van der Waals surface area contributed by atoms with Crippen molar-refractivity contribution in [3.05, 3.63) is 0 Å². The van der Waals surface area contributed by atoms with Crippen LogP contribution in [0.5, 0.6) is 0 Å². The van der Waals surface area contributed by atoms with Crippen LogP contribution in [-0.2, 0) is 4.74 Å². The number of nitrogens with zero attached hydrogens (tertiary/aromatic N) is 1. The highest BCUT2D eigenvalue weighted by Gasteiger charge is 2.20. The van der Waals surface area contributed by atoms with Gasteiger partial charge in [-0.2, -0.15) is 0 Å². The molecule has 1 aliphatic heterocycles. The molecule has 0 amide bonds. The van der Waals surface area contributed by atoms with Crippen LogP contribution in [0.3, 0.4) is 0 Å². The standard InChI is InChI=1S/C12H26N2O/c1-4-8-14(11(2)10-15-3)9-12-6-5-7-13-12/h11-13H,4-10H2,1-3H3. The van der Waals surface area contributed by atoms with Crippen molar-refractivity contribution in [2.75, 3.05) is 33.4 Å². The molecule has 3 nitrogen and oxygen atoms in total. The molecule has 1 saturated heterocycles. The third-order valence-electron chi connectivity index (χ3n) is 3.16. The van der Waals surface area contributed by atoms with Crippen molar-refractivity contribution < 1.29 is 4.74 Å². The van der Waals surface area contributed by atoms with Crippen LogP contribution in [0.25, 0.3) is 0 Å². The summed E-state index contributed by atoms with van der Waals surface area (Å²) in [6.45, 7) is 8.90. The summed E-state index contributed by atoms with van der Waals surface area (Å²) in [6.07, 6.45) is 3.89. The zero-order valence-electron chi connectivity index (χ0n) is 10.5. The molecular weight excluding hydrogens is 188 g/mol. The van der Waals surface area contributed by atoms with Gasteiger partial charge in [-0.1, -0.05) is 6.92 Å². The molecule has 1 N–H and O–H groups in total. The Hall–Kier alpha value is -0.120. The number of ether oxygens (including phenoxy) is 1. The van der Waals surface area contributed by atoms with Crippen molar-refractivity contribution in [1.29, 1.82) is 0 Å². The Labute approximate surface area is 94.2 Å². The molecule has 1 aliphatic rings. The largest absolute Gasteiger partial charge is 0.383 e. The van der Waals surface area contributed by atoms with E-state index in [-0.39, 0.29) is 0 Å². The highest BCUT2D eigenvalue weighted by molar-refractivity contribution is 4.79. The minimum atomic E-state index is 0.539. The maximum Gasteiger partial charge on any atom is 0.0615 e. The van der Waals surface area contributed by atoms with Gasteiger partial charge in [0, 0.05) is 25.7 Å². The highest BCUT2D eigenvalue weighted by atomic mass is 16.5. The lowest BCUT2D eigenvalue weighted by Crippen LogP contribution is -2.44. The monoisotopic (exact) mass is 214 g/mol. The van der Waals surface area contributed by atoms with Crippen LogP contribution in [0.1, 0.15) is 33.1 Å². The summed E-state index contributed by atoms with van der Waals surface area (Å²) in [5.41, 5.74) is 0. The Morgan fingerprint density at radius 1 is 1.53 bits per heavy atom. The van der Waals surface area contributed by atoms with Gasteiger partial charge < -0.3 is 10.1 Å². The number of rotatable bonds is 7. The maximum absolute atomic E-state index is 5.23. The van der Waals surface area contributed by atoms with E-state index in [1.165, 1.54) is 38.9 Å². The Balaban J connectivity index is 2.33. The Bertz CT molecular complexity index is 158. The molecule has 0 saturated carbocycles. The van der Waals surface area contributed by atoms with Crippen LogP contribution in [0.4, 0.5) is 0 Å². The first kappa shape index (κ1) is 12.9. The van der Waals surface area contributed by atoms with E-state index in [1.807, 2.05) is 0 Å². The van der Waals surface area contributed by atoms with Gasteiger partial charge in [0.1, 0.15) is 0 Å². The lowest BCUT2D eigenvalue weighted by molar-refractivity contribution is 0.0935. The van der Waals surface area contributed by atoms with Crippen LogP contribution < -0.4 is 5.32 Å². The first-order chi connectivity index (χ1) is 7.27. The van der Waals surface area contributed by atoms with E-state index in [1.54, 1.807) is 7.11 Å². The van der Waals surface area contributed by atoms with Crippen molar-refractivity contribution in [2.45, 2.75) is 45.2 Å². The third-order valence-corrected chi connectivity index (χ3v) is 3.16. The normalized spacial score (nSPS) is 23.6. The van der Waals surface area contributed by atoms with E-state index in [9.17, 15) is 0 Å². The van der Waals surface area contributed by atoms with Crippen LogP contribution in [0, 0.1) is 0 Å². The van der Waals surface area contributed by atoms with Gasteiger partial charge in [0.15, 0.2) is 0 Å². The zero-order valence-corrected chi connectivity index (χ0v) is 10.5. The SMILES string of the molecule is CCCN(CC1CCCN1)C(C)COC. The fraction of sp³-hybridized carbons (Fsp3) is 1.00. The predicted octanol–water partition coefficient (Wildman–Crippen LogP) is 1.49. The average molecular weight is 214 g/mol. The predicted molar refractivity (Wildman–Crippen MR) is 64.2 cm³/mol. The molecule has 0 radical (unpaired) electrons.